The Bertz CT molecular complexity index is 740. The number of nitrogens with one attached hydrogen (secondary N) is 3. The Hall–Kier alpha value is -2.57. The molecule has 2 aromatic carbocycles. The number of urea groups is 1. The summed E-state index contributed by atoms with van der Waals surface area (Å²) < 4.78 is 5.13. The van der Waals surface area contributed by atoms with Crippen molar-refractivity contribution < 1.29 is 9.53 Å². The highest BCUT2D eigenvalue weighted by molar-refractivity contribution is 5.89. The number of methoxy groups -OCH3 is 1. The van der Waals surface area contributed by atoms with Crippen molar-refractivity contribution in [1.29, 1.82) is 0 Å². The number of nitrogens with zero attached hydrogens (tertiary/aromatic N) is 1. The first-order valence-corrected chi connectivity index (χ1v) is 9.88. The number of rotatable bonds is 9. The molecule has 28 heavy (non-hydrogen) atoms. The van der Waals surface area contributed by atoms with Gasteiger partial charge in [0.05, 0.1) is 7.11 Å². The van der Waals surface area contributed by atoms with Gasteiger partial charge in [-0.3, -0.25) is 0 Å². The molecule has 0 unspecified atom stereocenters. The SMILES string of the molecule is CCCN1CC(NCc2ccc(NC(=O)NCc3ccc(OC)cc3)cc2)C1. The number of hydrogen-bond acceptors (Lipinski definition) is 4. The molecular formula is C22H30N4O2. The monoisotopic (exact) mass is 382 g/mol. The summed E-state index contributed by atoms with van der Waals surface area (Å²) in [6.45, 7) is 7.02. The van der Waals surface area contributed by atoms with Crippen LogP contribution in [0.3, 0.4) is 0 Å². The van der Waals surface area contributed by atoms with E-state index in [1.807, 2.05) is 36.4 Å². The van der Waals surface area contributed by atoms with Gasteiger partial charge in [0.25, 0.3) is 0 Å². The molecule has 0 aliphatic carbocycles. The highest BCUT2D eigenvalue weighted by Crippen LogP contribution is 2.13. The van der Waals surface area contributed by atoms with Gasteiger partial charge >= 0.3 is 6.03 Å². The van der Waals surface area contributed by atoms with Crippen LogP contribution in [0.1, 0.15) is 24.5 Å². The van der Waals surface area contributed by atoms with Crippen LogP contribution in [0, 0.1) is 0 Å². The Balaban J connectivity index is 1.36. The zero-order chi connectivity index (χ0) is 19.8. The molecule has 0 spiro atoms. The Morgan fingerprint density at radius 3 is 2.32 bits per heavy atom. The number of hydrogen-bond donors (Lipinski definition) is 3. The summed E-state index contributed by atoms with van der Waals surface area (Å²) in [4.78, 5) is 14.5. The summed E-state index contributed by atoms with van der Waals surface area (Å²) in [5, 5.41) is 9.31. The molecule has 1 fully saturated rings. The lowest BCUT2D eigenvalue weighted by Crippen LogP contribution is -2.57. The van der Waals surface area contributed by atoms with E-state index in [2.05, 4.69) is 39.9 Å². The van der Waals surface area contributed by atoms with Gasteiger partial charge in [0.15, 0.2) is 0 Å². The number of amides is 2. The molecule has 1 saturated heterocycles. The first kappa shape index (κ1) is 20.2. The van der Waals surface area contributed by atoms with Gasteiger partial charge in [-0.15, -0.1) is 0 Å². The predicted molar refractivity (Wildman–Crippen MR) is 113 cm³/mol. The van der Waals surface area contributed by atoms with E-state index >= 15 is 0 Å². The van der Waals surface area contributed by atoms with Crippen LogP contribution in [0.2, 0.25) is 0 Å². The van der Waals surface area contributed by atoms with Gasteiger partial charge in [-0.05, 0) is 48.4 Å². The van der Waals surface area contributed by atoms with Crippen molar-refractivity contribution in [3.63, 3.8) is 0 Å². The van der Waals surface area contributed by atoms with Crippen LogP contribution in [-0.4, -0.2) is 43.7 Å². The first-order chi connectivity index (χ1) is 13.7. The maximum atomic E-state index is 12.1. The molecule has 6 nitrogen and oxygen atoms in total. The second kappa shape index (κ2) is 10.1. The third-order valence-corrected chi connectivity index (χ3v) is 4.92. The zero-order valence-electron chi connectivity index (χ0n) is 16.7. The minimum atomic E-state index is -0.216. The number of carbonyl (C=O) groups is 1. The molecule has 2 amide bonds. The highest BCUT2D eigenvalue weighted by Gasteiger charge is 2.24. The van der Waals surface area contributed by atoms with E-state index in [-0.39, 0.29) is 6.03 Å². The summed E-state index contributed by atoms with van der Waals surface area (Å²) in [6, 6.07) is 16.0. The average Bonchev–Trinajstić information content (AvgIpc) is 2.69. The number of benzene rings is 2. The van der Waals surface area contributed by atoms with Crippen molar-refractivity contribution >= 4 is 11.7 Å². The van der Waals surface area contributed by atoms with Crippen molar-refractivity contribution in [3.05, 3.63) is 59.7 Å². The lowest BCUT2D eigenvalue weighted by Gasteiger charge is -2.39. The van der Waals surface area contributed by atoms with Crippen molar-refractivity contribution in [1.82, 2.24) is 15.5 Å². The molecule has 1 heterocycles. The van der Waals surface area contributed by atoms with Crippen LogP contribution in [0.4, 0.5) is 10.5 Å². The predicted octanol–water partition coefficient (Wildman–Crippen LogP) is 3.20. The molecule has 6 heteroatoms. The van der Waals surface area contributed by atoms with E-state index in [1.54, 1.807) is 7.11 Å². The molecular weight excluding hydrogens is 352 g/mol. The highest BCUT2D eigenvalue weighted by atomic mass is 16.5. The third kappa shape index (κ3) is 5.97. The molecule has 0 aromatic heterocycles. The Morgan fingerprint density at radius 2 is 1.68 bits per heavy atom. The number of likely N-dealkylation sites (tertiary alicyclic amines) is 1. The van der Waals surface area contributed by atoms with Crippen molar-refractivity contribution in [3.8, 4) is 5.75 Å². The lowest BCUT2D eigenvalue weighted by atomic mass is 10.1. The molecule has 3 N–H and O–H groups in total. The minimum Gasteiger partial charge on any atom is -0.497 e. The van der Waals surface area contributed by atoms with Gasteiger partial charge in [-0.2, -0.15) is 0 Å². The van der Waals surface area contributed by atoms with Gasteiger partial charge in [-0.1, -0.05) is 31.2 Å². The van der Waals surface area contributed by atoms with Crippen LogP contribution in [0.5, 0.6) is 5.75 Å². The molecule has 3 rings (SSSR count). The molecule has 0 atom stereocenters. The average molecular weight is 383 g/mol. The standard InChI is InChI=1S/C22H30N4O2/c1-3-12-26-15-20(16-26)23-13-17-4-8-19(9-5-17)25-22(27)24-14-18-6-10-21(28-2)11-7-18/h4-11,20,23H,3,12-16H2,1-2H3,(H2,24,25,27). The van der Waals surface area contributed by atoms with Gasteiger partial charge in [0.1, 0.15) is 5.75 Å². The zero-order valence-corrected chi connectivity index (χ0v) is 16.7. The van der Waals surface area contributed by atoms with Crippen LogP contribution in [0.15, 0.2) is 48.5 Å². The third-order valence-electron chi connectivity index (χ3n) is 4.92. The summed E-state index contributed by atoms with van der Waals surface area (Å²) in [5.41, 5.74) is 3.03. The van der Waals surface area contributed by atoms with E-state index in [9.17, 15) is 4.79 Å². The van der Waals surface area contributed by atoms with E-state index < -0.39 is 0 Å². The normalized spacial score (nSPS) is 14.4. The fraction of sp³-hybridized carbons (Fsp3) is 0.409. The minimum absolute atomic E-state index is 0.216. The molecule has 1 aliphatic rings. The summed E-state index contributed by atoms with van der Waals surface area (Å²) in [7, 11) is 1.64. The molecule has 0 radical (unpaired) electrons. The van der Waals surface area contributed by atoms with Gasteiger partial charge in [0, 0.05) is 37.9 Å². The van der Waals surface area contributed by atoms with Crippen LogP contribution in [0.25, 0.3) is 0 Å². The van der Waals surface area contributed by atoms with Crippen LogP contribution in [-0.2, 0) is 13.1 Å². The number of anilines is 1. The Labute approximate surface area is 167 Å². The molecule has 0 bridgehead atoms. The second-order valence-electron chi connectivity index (χ2n) is 7.19. The fourth-order valence-electron chi connectivity index (χ4n) is 3.27. The first-order valence-electron chi connectivity index (χ1n) is 9.88. The van der Waals surface area contributed by atoms with Crippen LogP contribution >= 0.6 is 0 Å². The Morgan fingerprint density at radius 1 is 1.04 bits per heavy atom. The largest absolute Gasteiger partial charge is 0.497 e. The van der Waals surface area contributed by atoms with Crippen molar-refractivity contribution in [2.24, 2.45) is 0 Å². The van der Waals surface area contributed by atoms with E-state index in [1.165, 1.54) is 18.5 Å². The van der Waals surface area contributed by atoms with Crippen LogP contribution < -0.4 is 20.7 Å². The quantitative estimate of drug-likeness (QED) is 0.623. The fourth-order valence-corrected chi connectivity index (χ4v) is 3.27. The van der Waals surface area contributed by atoms with E-state index in [0.29, 0.717) is 12.6 Å². The second-order valence-corrected chi connectivity index (χ2v) is 7.19. The number of ether oxygens (including phenoxy) is 1. The van der Waals surface area contributed by atoms with E-state index in [4.69, 9.17) is 4.74 Å². The Kier molecular flexibility index (Phi) is 7.28. The van der Waals surface area contributed by atoms with Crippen molar-refractivity contribution in [2.45, 2.75) is 32.5 Å². The lowest BCUT2D eigenvalue weighted by molar-refractivity contribution is 0.126. The van der Waals surface area contributed by atoms with Gasteiger partial charge in [0.2, 0.25) is 0 Å². The number of carbonyl (C=O) groups excluding carboxylic acids is 1. The summed E-state index contributed by atoms with van der Waals surface area (Å²) >= 11 is 0. The molecule has 2 aromatic rings. The molecule has 0 saturated carbocycles. The smallest absolute Gasteiger partial charge is 0.319 e. The van der Waals surface area contributed by atoms with E-state index in [0.717, 1.165) is 36.6 Å². The molecule has 150 valence electrons. The molecule has 1 aliphatic heterocycles. The topological polar surface area (TPSA) is 65.6 Å². The maximum absolute atomic E-state index is 12.1. The van der Waals surface area contributed by atoms with Crippen molar-refractivity contribution in [2.75, 3.05) is 32.1 Å². The van der Waals surface area contributed by atoms with Gasteiger partial charge < -0.3 is 25.6 Å². The summed E-state index contributed by atoms with van der Waals surface area (Å²) in [6.07, 6.45) is 1.22. The summed E-state index contributed by atoms with van der Waals surface area (Å²) in [5.74, 6) is 0.804. The van der Waals surface area contributed by atoms with Gasteiger partial charge in [-0.25, -0.2) is 4.79 Å². The maximum Gasteiger partial charge on any atom is 0.319 e.